The molecule has 0 amide bonds. The van der Waals surface area contributed by atoms with Crippen molar-refractivity contribution in [1.29, 1.82) is 0 Å². The van der Waals surface area contributed by atoms with E-state index < -0.39 is 0 Å². The highest BCUT2D eigenvalue weighted by Gasteiger charge is 2.11. The second kappa shape index (κ2) is 6.01. The quantitative estimate of drug-likeness (QED) is 0.676. The van der Waals surface area contributed by atoms with E-state index in [9.17, 15) is 5.11 Å². The van der Waals surface area contributed by atoms with Crippen LogP contribution in [0, 0.1) is 5.92 Å². The van der Waals surface area contributed by atoms with E-state index in [0.717, 1.165) is 12.0 Å². The molecular weight excluding hydrogens is 184 g/mol. The molecule has 0 bridgehead atoms. The first-order valence-electron chi connectivity index (χ1n) is 4.34. The van der Waals surface area contributed by atoms with Crippen molar-refractivity contribution in [3.63, 3.8) is 0 Å². The molecule has 0 aromatic carbocycles. The summed E-state index contributed by atoms with van der Waals surface area (Å²) in [5.74, 6) is 0.182. The van der Waals surface area contributed by atoms with Gasteiger partial charge in [0.05, 0.1) is 6.10 Å². The van der Waals surface area contributed by atoms with Gasteiger partial charge in [0.25, 0.3) is 0 Å². The molecule has 2 unspecified atom stereocenters. The van der Waals surface area contributed by atoms with Crippen molar-refractivity contribution in [2.45, 2.75) is 26.4 Å². The van der Waals surface area contributed by atoms with Crippen molar-refractivity contribution in [2.75, 3.05) is 0 Å². The normalized spacial score (nSPS) is 17.2. The average Bonchev–Trinajstić information content (AvgIpc) is 2.12. The summed E-state index contributed by atoms with van der Waals surface area (Å²) in [5.41, 5.74) is 0.935. The van der Waals surface area contributed by atoms with Gasteiger partial charge in [-0.1, -0.05) is 43.8 Å². The summed E-state index contributed by atoms with van der Waals surface area (Å²) in [6.45, 7) is 11.0. The van der Waals surface area contributed by atoms with Gasteiger partial charge in [-0.15, -0.1) is 0 Å². The lowest BCUT2D eigenvalue weighted by Crippen LogP contribution is -2.13. The lowest BCUT2D eigenvalue weighted by atomic mass is 9.96. The Morgan fingerprint density at radius 3 is 2.23 bits per heavy atom. The molecule has 13 heavy (non-hydrogen) atoms. The van der Waals surface area contributed by atoms with Crippen molar-refractivity contribution in [3.05, 3.63) is 35.9 Å². The van der Waals surface area contributed by atoms with Crippen LogP contribution in [0.15, 0.2) is 35.9 Å². The topological polar surface area (TPSA) is 20.2 Å². The Bertz CT molecular complexity index is 216. The third-order valence-electron chi connectivity index (χ3n) is 2.10. The second-order valence-corrected chi connectivity index (χ2v) is 3.61. The molecule has 0 spiro atoms. The van der Waals surface area contributed by atoms with Gasteiger partial charge in [-0.3, -0.25) is 0 Å². The van der Waals surface area contributed by atoms with E-state index in [-0.39, 0.29) is 12.0 Å². The highest BCUT2D eigenvalue weighted by atomic mass is 35.5. The van der Waals surface area contributed by atoms with Gasteiger partial charge in [0.15, 0.2) is 0 Å². The van der Waals surface area contributed by atoms with Crippen molar-refractivity contribution < 1.29 is 5.11 Å². The van der Waals surface area contributed by atoms with E-state index in [1.54, 1.807) is 19.1 Å². The van der Waals surface area contributed by atoms with Crippen molar-refractivity contribution in [2.24, 2.45) is 5.92 Å². The molecule has 0 aliphatic heterocycles. The van der Waals surface area contributed by atoms with Crippen molar-refractivity contribution in [1.82, 2.24) is 0 Å². The number of aliphatic hydroxyl groups is 1. The third-order valence-corrected chi connectivity index (χ3v) is 2.49. The van der Waals surface area contributed by atoms with Crippen molar-refractivity contribution >= 4 is 11.6 Å². The molecule has 0 fully saturated rings. The van der Waals surface area contributed by atoms with Crippen LogP contribution >= 0.6 is 11.6 Å². The molecule has 0 radical (unpaired) electrons. The fourth-order valence-corrected chi connectivity index (χ4v) is 1.08. The van der Waals surface area contributed by atoms with Gasteiger partial charge >= 0.3 is 0 Å². The van der Waals surface area contributed by atoms with Gasteiger partial charge in [-0.05, 0) is 24.8 Å². The predicted molar refractivity (Wildman–Crippen MR) is 58.7 cm³/mol. The van der Waals surface area contributed by atoms with Gasteiger partial charge in [0, 0.05) is 5.03 Å². The Morgan fingerprint density at radius 1 is 1.38 bits per heavy atom. The summed E-state index contributed by atoms with van der Waals surface area (Å²) < 4.78 is 0. The SMILES string of the molecule is C=CC(Cl)=C(C=C)CC(C)C(C)O. The smallest absolute Gasteiger partial charge is 0.0540 e. The molecule has 74 valence electrons. The molecule has 1 N–H and O–H groups in total. The predicted octanol–water partition coefficient (Wildman–Crippen LogP) is 3.26. The molecule has 0 aliphatic rings. The second-order valence-electron chi connectivity index (χ2n) is 3.20. The van der Waals surface area contributed by atoms with Gasteiger partial charge in [0.2, 0.25) is 0 Å². The van der Waals surface area contributed by atoms with Gasteiger partial charge < -0.3 is 5.11 Å². The summed E-state index contributed by atoms with van der Waals surface area (Å²) in [7, 11) is 0. The van der Waals surface area contributed by atoms with E-state index in [1.165, 1.54) is 0 Å². The van der Waals surface area contributed by atoms with Crippen LogP contribution in [-0.4, -0.2) is 11.2 Å². The molecule has 2 atom stereocenters. The van der Waals surface area contributed by atoms with Gasteiger partial charge in [-0.25, -0.2) is 0 Å². The number of aliphatic hydroxyl groups excluding tert-OH is 1. The molecular formula is C11H17ClO. The first-order chi connectivity index (χ1) is 6.02. The molecule has 0 rings (SSSR count). The molecule has 2 heteroatoms. The first kappa shape index (κ1) is 12.5. The monoisotopic (exact) mass is 200 g/mol. The summed E-state index contributed by atoms with van der Waals surface area (Å²) in [6, 6.07) is 0. The third kappa shape index (κ3) is 4.30. The summed E-state index contributed by atoms with van der Waals surface area (Å²) >= 11 is 5.89. The Morgan fingerprint density at radius 2 is 1.92 bits per heavy atom. The minimum absolute atomic E-state index is 0.182. The Labute approximate surface area is 85.4 Å². The largest absolute Gasteiger partial charge is 0.393 e. The zero-order valence-electron chi connectivity index (χ0n) is 8.26. The molecule has 0 aromatic rings. The van der Waals surface area contributed by atoms with Gasteiger partial charge in [-0.2, -0.15) is 0 Å². The number of hydrogen-bond acceptors (Lipinski definition) is 1. The molecule has 0 saturated carbocycles. The van der Waals surface area contributed by atoms with Crippen LogP contribution in [0.5, 0.6) is 0 Å². The zero-order valence-corrected chi connectivity index (χ0v) is 9.01. The standard InChI is InChI=1S/C11H17ClO/c1-5-10(11(12)6-2)7-8(3)9(4)13/h5-6,8-9,13H,1-2,7H2,3-4H3. The number of hydrogen-bond donors (Lipinski definition) is 1. The fraction of sp³-hybridized carbons (Fsp3) is 0.455. The van der Waals surface area contributed by atoms with E-state index in [0.29, 0.717) is 5.03 Å². The van der Waals surface area contributed by atoms with Crippen LogP contribution in [0.4, 0.5) is 0 Å². The Hall–Kier alpha value is -0.530. The van der Waals surface area contributed by atoms with E-state index in [4.69, 9.17) is 11.6 Å². The average molecular weight is 201 g/mol. The molecule has 0 heterocycles. The minimum Gasteiger partial charge on any atom is -0.393 e. The van der Waals surface area contributed by atoms with Crippen LogP contribution in [-0.2, 0) is 0 Å². The summed E-state index contributed by atoms with van der Waals surface area (Å²) in [5, 5.41) is 9.91. The number of allylic oxidation sites excluding steroid dienone is 4. The van der Waals surface area contributed by atoms with E-state index in [2.05, 4.69) is 13.2 Å². The van der Waals surface area contributed by atoms with Crippen molar-refractivity contribution in [3.8, 4) is 0 Å². The molecule has 0 saturated heterocycles. The van der Waals surface area contributed by atoms with Crippen LogP contribution in [0.1, 0.15) is 20.3 Å². The van der Waals surface area contributed by atoms with Crippen LogP contribution < -0.4 is 0 Å². The van der Waals surface area contributed by atoms with Gasteiger partial charge in [0.1, 0.15) is 0 Å². The maximum Gasteiger partial charge on any atom is 0.0540 e. The summed E-state index contributed by atoms with van der Waals surface area (Å²) in [6.07, 6.45) is 3.70. The maximum atomic E-state index is 9.29. The number of halogens is 1. The Kier molecular flexibility index (Phi) is 5.76. The van der Waals surface area contributed by atoms with E-state index >= 15 is 0 Å². The minimum atomic E-state index is -0.329. The molecule has 1 nitrogen and oxygen atoms in total. The van der Waals surface area contributed by atoms with Crippen LogP contribution in [0.3, 0.4) is 0 Å². The van der Waals surface area contributed by atoms with Crippen LogP contribution in [0.2, 0.25) is 0 Å². The zero-order chi connectivity index (χ0) is 10.4. The lowest BCUT2D eigenvalue weighted by molar-refractivity contribution is 0.135. The highest BCUT2D eigenvalue weighted by Crippen LogP contribution is 2.21. The first-order valence-corrected chi connectivity index (χ1v) is 4.72. The molecule has 0 aromatic heterocycles. The number of rotatable bonds is 5. The summed E-state index contributed by atoms with van der Waals surface area (Å²) in [4.78, 5) is 0. The van der Waals surface area contributed by atoms with E-state index in [1.807, 2.05) is 6.92 Å². The Balaban J connectivity index is 4.47. The highest BCUT2D eigenvalue weighted by molar-refractivity contribution is 6.31. The lowest BCUT2D eigenvalue weighted by Gasteiger charge is -2.15. The molecule has 0 aliphatic carbocycles. The van der Waals surface area contributed by atoms with Crippen LogP contribution in [0.25, 0.3) is 0 Å². The fourth-order valence-electron chi connectivity index (χ4n) is 0.927. The maximum absolute atomic E-state index is 9.29.